The largest absolute Gasteiger partial charge is 0.505 e. The molecule has 0 aliphatic heterocycles. The number of hydrogen-bond donors (Lipinski definition) is 3. The average molecular weight is 360 g/mol. The Labute approximate surface area is 144 Å². The van der Waals surface area contributed by atoms with Crippen molar-refractivity contribution in [3.05, 3.63) is 63.0 Å². The molecule has 0 radical (unpaired) electrons. The minimum absolute atomic E-state index is 0.00552. The number of phenolic OH excluding ortho intramolecular Hbond substituents is 2. The van der Waals surface area contributed by atoms with E-state index in [9.17, 15) is 19.4 Å². The van der Waals surface area contributed by atoms with E-state index in [0.717, 1.165) is 0 Å². The van der Waals surface area contributed by atoms with Crippen molar-refractivity contribution in [1.82, 2.24) is 15.0 Å². The summed E-state index contributed by atoms with van der Waals surface area (Å²) in [7, 11) is 0. The lowest BCUT2D eigenvalue weighted by molar-refractivity contribution is 0.475. The monoisotopic (exact) mass is 359 g/mol. The van der Waals surface area contributed by atoms with Crippen molar-refractivity contribution < 1.29 is 14.6 Å². The predicted octanol–water partition coefficient (Wildman–Crippen LogP) is 3.13. The number of aromatic nitrogens is 3. The molecule has 0 aliphatic carbocycles. The van der Waals surface area contributed by atoms with Gasteiger partial charge in [-0.1, -0.05) is 29.8 Å². The first-order valence-electron chi connectivity index (χ1n) is 7.33. The number of aromatic amines is 1. The van der Waals surface area contributed by atoms with E-state index in [4.69, 9.17) is 11.6 Å². The van der Waals surface area contributed by atoms with E-state index in [2.05, 4.69) is 10.3 Å². The molecule has 1 aromatic heterocycles. The maximum atomic E-state index is 13.2. The zero-order chi connectivity index (χ0) is 17.7. The molecule has 3 aromatic carbocycles. The molecule has 0 aliphatic rings. The Morgan fingerprint density at radius 3 is 2.76 bits per heavy atom. The van der Waals surface area contributed by atoms with Crippen molar-refractivity contribution in [3.8, 4) is 11.5 Å². The van der Waals surface area contributed by atoms with E-state index < -0.39 is 11.2 Å². The molecule has 4 aromatic rings. The van der Waals surface area contributed by atoms with E-state index in [1.807, 2.05) is 0 Å². The number of benzene rings is 3. The summed E-state index contributed by atoms with van der Waals surface area (Å²) in [5.41, 5.74) is 0.459. The summed E-state index contributed by atoms with van der Waals surface area (Å²) >= 11 is 6.04. The molecule has 4 rings (SSSR count). The summed E-state index contributed by atoms with van der Waals surface area (Å²) in [6.45, 7) is 0.158. The first-order valence-corrected chi connectivity index (χ1v) is 7.70. The van der Waals surface area contributed by atoms with E-state index in [1.165, 1.54) is 41.1 Å². The molecule has 3 N–H and O–H groups in total. The van der Waals surface area contributed by atoms with Crippen molar-refractivity contribution >= 4 is 33.4 Å². The number of fused-ring (bicyclic) bond motifs is 2. The second kappa shape index (κ2) is 5.49. The van der Waals surface area contributed by atoms with Crippen LogP contribution < -0.4 is 5.43 Å². The normalized spacial score (nSPS) is 11.4. The van der Waals surface area contributed by atoms with Crippen molar-refractivity contribution in [1.29, 1.82) is 0 Å². The quantitative estimate of drug-likeness (QED) is 0.479. The van der Waals surface area contributed by atoms with Crippen LogP contribution in [0.25, 0.3) is 21.8 Å². The molecule has 0 fully saturated rings. The Bertz CT molecular complexity index is 1200. The lowest BCUT2D eigenvalue weighted by Crippen LogP contribution is -2.04. The molecule has 25 heavy (non-hydrogen) atoms. The van der Waals surface area contributed by atoms with Crippen molar-refractivity contribution in [3.63, 3.8) is 0 Å². The lowest BCUT2D eigenvalue weighted by atomic mass is 10.1. The standard InChI is InChI=1S/C17H11ClFN3O3/c18-11-6-9(19)5-4-8(11)7-22-15-14(20-21-22)17(25)13-10(16(15)24)2-1-3-12(13)23/h1-6,21,24-25H,7H2. The van der Waals surface area contributed by atoms with Gasteiger partial charge in [0, 0.05) is 10.4 Å². The zero-order valence-corrected chi connectivity index (χ0v) is 13.4. The Kier molecular flexibility index (Phi) is 3.40. The molecule has 8 heteroatoms. The topological polar surface area (TPSA) is 91.1 Å². The van der Waals surface area contributed by atoms with Gasteiger partial charge in [-0.2, -0.15) is 5.10 Å². The van der Waals surface area contributed by atoms with Gasteiger partial charge in [-0.25, -0.2) is 9.60 Å². The third-order valence-corrected chi connectivity index (χ3v) is 4.44. The van der Waals surface area contributed by atoms with Gasteiger partial charge in [0.1, 0.15) is 11.3 Å². The summed E-state index contributed by atoms with van der Waals surface area (Å²) in [5, 5.41) is 28.1. The van der Waals surface area contributed by atoms with Crippen molar-refractivity contribution in [2.24, 2.45) is 0 Å². The fourth-order valence-electron chi connectivity index (χ4n) is 2.90. The molecular formula is C17H11ClFN3O3. The number of aromatic hydroxyl groups is 2. The zero-order valence-electron chi connectivity index (χ0n) is 12.6. The summed E-state index contributed by atoms with van der Waals surface area (Å²) in [4.78, 5) is 12.0. The van der Waals surface area contributed by atoms with E-state index in [1.54, 1.807) is 0 Å². The lowest BCUT2D eigenvalue weighted by Gasteiger charge is -2.09. The second-order valence-electron chi connectivity index (χ2n) is 5.61. The van der Waals surface area contributed by atoms with Crippen LogP contribution in [-0.4, -0.2) is 25.2 Å². The van der Waals surface area contributed by atoms with Gasteiger partial charge >= 0.3 is 0 Å². The highest BCUT2D eigenvalue weighted by atomic mass is 35.5. The molecule has 0 unspecified atom stereocenters. The highest BCUT2D eigenvalue weighted by molar-refractivity contribution is 6.31. The number of nitrogens with one attached hydrogen (secondary N) is 1. The molecule has 6 nitrogen and oxygen atoms in total. The third-order valence-electron chi connectivity index (χ3n) is 4.09. The van der Waals surface area contributed by atoms with Gasteiger partial charge in [0.15, 0.2) is 22.4 Å². The fraction of sp³-hybridized carbons (Fsp3) is 0.0588. The Morgan fingerprint density at radius 1 is 1.20 bits per heavy atom. The number of H-pyrrole nitrogens is 1. The van der Waals surface area contributed by atoms with Crippen LogP contribution in [0.15, 0.2) is 41.2 Å². The minimum Gasteiger partial charge on any atom is -0.505 e. The summed E-state index contributed by atoms with van der Waals surface area (Å²) in [5.74, 6) is -0.955. The maximum Gasteiger partial charge on any atom is 0.190 e. The number of phenols is 2. The van der Waals surface area contributed by atoms with E-state index in [0.29, 0.717) is 5.56 Å². The SMILES string of the molecule is O=c1cccc2c(O)c3c(n[nH]n3Cc3ccc(F)cc3Cl)c(O)c12. The number of nitrogens with zero attached hydrogens (tertiary/aromatic N) is 2. The van der Waals surface area contributed by atoms with Crippen LogP contribution in [0.3, 0.4) is 0 Å². The summed E-state index contributed by atoms with van der Waals surface area (Å²) < 4.78 is 14.7. The van der Waals surface area contributed by atoms with Gasteiger partial charge in [0.2, 0.25) is 0 Å². The maximum absolute atomic E-state index is 13.2. The van der Waals surface area contributed by atoms with Gasteiger partial charge in [0.05, 0.1) is 11.9 Å². The van der Waals surface area contributed by atoms with Gasteiger partial charge < -0.3 is 10.2 Å². The van der Waals surface area contributed by atoms with Gasteiger partial charge in [-0.15, -0.1) is 0 Å². The average Bonchev–Trinajstić information content (AvgIpc) is 2.99. The summed E-state index contributed by atoms with van der Waals surface area (Å²) in [6.07, 6.45) is 0. The van der Waals surface area contributed by atoms with Crippen LogP contribution in [-0.2, 0) is 6.54 Å². The van der Waals surface area contributed by atoms with Crippen molar-refractivity contribution in [2.75, 3.05) is 0 Å². The van der Waals surface area contributed by atoms with Crippen LogP contribution in [0.4, 0.5) is 4.39 Å². The number of hydrogen-bond acceptors (Lipinski definition) is 4. The Morgan fingerprint density at radius 2 is 2.00 bits per heavy atom. The third kappa shape index (κ3) is 2.32. The minimum atomic E-state index is -0.456. The van der Waals surface area contributed by atoms with Crippen LogP contribution >= 0.6 is 11.6 Å². The van der Waals surface area contributed by atoms with Crippen LogP contribution in [0.5, 0.6) is 11.5 Å². The van der Waals surface area contributed by atoms with Crippen LogP contribution in [0, 0.1) is 5.82 Å². The first kappa shape index (κ1) is 15.5. The molecule has 0 spiro atoms. The molecular weight excluding hydrogens is 349 g/mol. The fourth-order valence-corrected chi connectivity index (χ4v) is 3.13. The molecule has 0 saturated carbocycles. The Balaban J connectivity index is 1.98. The summed E-state index contributed by atoms with van der Waals surface area (Å²) in [6, 6.07) is 8.31. The first-order chi connectivity index (χ1) is 12.0. The van der Waals surface area contributed by atoms with Gasteiger partial charge in [0.25, 0.3) is 0 Å². The second-order valence-corrected chi connectivity index (χ2v) is 6.01. The van der Waals surface area contributed by atoms with E-state index in [-0.39, 0.29) is 44.9 Å². The smallest absolute Gasteiger partial charge is 0.190 e. The molecule has 126 valence electrons. The van der Waals surface area contributed by atoms with Gasteiger partial charge in [-0.05, 0) is 23.8 Å². The molecule has 0 amide bonds. The highest BCUT2D eigenvalue weighted by Crippen LogP contribution is 2.38. The molecule has 0 bridgehead atoms. The van der Waals surface area contributed by atoms with Gasteiger partial charge in [-0.3, -0.25) is 9.48 Å². The molecule has 0 saturated heterocycles. The molecule has 1 heterocycles. The van der Waals surface area contributed by atoms with E-state index >= 15 is 0 Å². The predicted molar refractivity (Wildman–Crippen MR) is 91.7 cm³/mol. The highest BCUT2D eigenvalue weighted by Gasteiger charge is 2.20. The van der Waals surface area contributed by atoms with Crippen LogP contribution in [0.2, 0.25) is 5.02 Å². The number of rotatable bonds is 2. The molecule has 0 atom stereocenters. The van der Waals surface area contributed by atoms with Crippen LogP contribution in [0.1, 0.15) is 5.56 Å². The Hall–Kier alpha value is -3.06. The number of halogens is 2. The van der Waals surface area contributed by atoms with Crippen molar-refractivity contribution in [2.45, 2.75) is 6.54 Å².